The van der Waals surface area contributed by atoms with Crippen LogP contribution in [0.25, 0.3) is 0 Å². The zero-order chi connectivity index (χ0) is 15.4. The number of methoxy groups -OCH3 is 1. The molecule has 0 spiro atoms. The highest BCUT2D eigenvalue weighted by atomic mass is 32.9. The van der Waals surface area contributed by atoms with E-state index in [4.69, 9.17) is 4.74 Å². The number of hydrogen-bond donors (Lipinski definition) is 0. The average molecular weight is 353 g/mol. The number of rotatable bonds is 5. The topological polar surface area (TPSA) is 29.3 Å². The van der Waals surface area contributed by atoms with Crippen molar-refractivity contribution in [2.24, 2.45) is 0 Å². The van der Waals surface area contributed by atoms with Crippen LogP contribution >= 0.6 is 32.4 Å². The molecule has 1 aromatic heterocycles. The number of para-hydroxylation sites is 1. The second-order valence-electron chi connectivity index (χ2n) is 5.07. The lowest BCUT2D eigenvalue weighted by molar-refractivity contribution is 0.101. The van der Waals surface area contributed by atoms with E-state index in [9.17, 15) is 4.79 Å². The molecule has 2 heterocycles. The van der Waals surface area contributed by atoms with Crippen LogP contribution in [-0.2, 0) is 0 Å². The third-order valence-electron chi connectivity index (χ3n) is 3.62. The summed E-state index contributed by atoms with van der Waals surface area (Å²) < 4.78 is 10.3. The maximum Gasteiger partial charge on any atom is 0.268 e. The van der Waals surface area contributed by atoms with E-state index in [1.165, 1.54) is 21.7 Å². The molecule has 0 atom stereocenters. The average Bonchev–Trinajstić information content (AvgIpc) is 3.23. The number of nitrogens with zero attached hydrogens (tertiary/aromatic N) is 1. The second-order valence-corrected chi connectivity index (χ2v) is 8.54. The van der Waals surface area contributed by atoms with Crippen molar-refractivity contribution >= 4 is 38.2 Å². The van der Waals surface area contributed by atoms with Crippen molar-refractivity contribution in [2.75, 3.05) is 26.0 Å². The number of benzene rings is 1. The van der Waals surface area contributed by atoms with E-state index in [2.05, 4.69) is 10.6 Å². The van der Waals surface area contributed by atoms with Crippen LogP contribution in [0.15, 0.2) is 34.5 Å². The fourth-order valence-corrected chi connectivity index (χ4v) is 6.24. The molecule has 1 aromatic carbocycles. The summed E-state index contributed by atoms with van der Waals surface area (Å²) in [6.45, 7) is 2.33. The molecule has 2 aromatic rings. The maximum atomic E-state index is 12.4. The molecule has 3 rings (SSSR count). The molecule has 0 radical (unpaired) electrons. The van der Waals surface area contributed by atoms with E-state index in [-0.39, 0.29) is 5.78 Å². The molecule has 1 saturated heterocycles. The van der Waals surface area contributed by atoms with Crippen molar-refractivity contribution in [2.45, 2.75) is 17.1 Å². The highest BCUT2D eigenvalue weighted by molar-refractivity contribution is 8.03. The lowest BCUT2D eigenvalue weighted by Crippen LogP contribution is -2.23. The summed E-state index contributed by atoms with van der Waals surface area (Å²) in [7, 11) is 5.18. The van der Waals surface area contributed by atoms with Gasteiger partial charge in [-0.2, -0.15) is 0 Å². The van der Waals surface area contributed by atoms with Gasteiger partial charge in [0.25, 0.3) is 4.67 Å². The van der Waals surface area contributed by atoms with E-state index in [1.54, 1.807) is 29.2 Å². The van der Waals surface area contributed by atoms with Gasteiger partial charge in [-0.3, -0.25) is 4.79 Å². The minimum absolute atomic E-state index is 0.114. The van der Waals surface area contributed by atoms with Gasteiger partial charge in [-0.25, -0.2) is 4.58 Å². The normalized spacial score (nSPS) is 14.3. The third kappa shape index (κ3) is 3.62. The predicted molar refractivity (Wildman–Crippen MR) is 94.5 cm³/mol. The Kier molecular flexibility index (Phi) is 5.33. The molecule has 1 aliphatic rings. The van der Waals surface area contributed by atoms with Crippen LogP contribution in [0.5, 0.6) is 5.75 Å². The van der Waals surface area contributed by atoms with Gasteiger partial charge in [0.15, 0.2) is 5.78 Å². The third-order valence-corrected chi connectivity index (χ3v) is 7.56. The number of Topliss-reactive ketones (excluding diaryl/α,β-unsaturated/α-hetero) is 1. The fourth-order valence-electron chi connectivity index (χ4n) is 2.47. The zero-order valence-corrected chi connectivity index (χ0v) is 14.9. The first-order valence-electron chi connectivity index (χ1n) is 7.25. The molecule has 116 valence electrons. The van der Waals surface area contributed by atoms with Crippen LogP contribution < -0.4 is 14.0 Å². The Morgan fingerprint density at radius 1 is 1.27 bits per heavy atom. The molecule has 0 unspecified atom stereocenters. The summed E-state index contributed by atoms with van der Waals surface area (Å²) >= 11 is 1.62. The Morgan fingerprint density at radius 3 is 2.82 bits per heavy atom. The Labute approximate surface area is 141 Å². The van der Waals surface area contributed by atoms with Crippen molar-refractivity contribution in [3.05, 3.63) is 40.6 Å². The summed E-state index contributed by atoms with van der Waals surface area (Å²) in [4.78, 5) is 12.4. The first-order chi connectivity index (χ1) is 10.8. The molecule has 1 fully saturated rings. The van der Waals surface area contributed by atoms with Gasteiger partial charge in [-0.1, -0.05) is 22.5 Å². The largest absolute Gasteiger partial charge is 0.496 e. The van der Waals surface area contributed by atoms with Crippen LogP contribution in [0.4, 0.5) is 0 Å². The number of thioether (sulfide) groups is 1. The van der Waals surface area contributed by atoms with Crippen LogP contribution in [0.1, 0.15) is 23.2 Å². The van der Waals surface area contributed by atoms with Gasteiger partial charge in [-0.15, -0.1) is 11.8 Å². The number of ether oxygens (including phenoxy) is 1. The molecule has 3 nitrogen and oxygen atoms in total. The van der Waals surface area contributed by atoms with Gasteiger partial charge < -0.3 is 4.74 Å². The van der Waals surface area contributed by atoms with Crippen molar-refractivity contribution in [3.8, 4) is 5.75 Å². The minimum atomic E-state index is 0.114. The fraction of sp³-hybridized carbons (Fsp3) is 0.375. The molecule has 0 saturated carbocycles. The van der Waals surface area contributed by atoms with Crippen molar-refractivity contribution in [1.82, 2.24) is 4.58 Å². The first-order valence-corrected chi connectivity index (χ1v) is 10.4. The van der Waals surface area contributed by atoms with Crippen molar-refractivity contribution in [1.29, 1.82) is 0 Å². The minimum Gasteiger partial charge on any atom is -0.496 e. The highest BCUT2D eigenvalue weighted by Gasteiger charge is 2.16. The Morgan fingerprint density at radius 2 is 2.05 bits per heavy atom. The number of carbonyl (C=O) groups is 1. The lowest BCUT2D eigenvalue weighted by atomic mass is 10.1. The summed E-state index contributed by atoms with van der Waals surface area (Å²) in [5.41, 5.74) is 0.664. The van der Waals surface area contributed by atoms with E-state index in [0.717, 1.165) is 13.1 Å². The van der Waals surface area contributed by atoms with Gasteiger partial charge >= 0.3 is 0 Å². The maximum absolute atomic E-state index is 12.4. The molecule has 22 heavy (non-hydrogen) atoms. The van der Waals surface area contributed by atoms with E-state index in [0.29, 0.717) is 17.1 Å². The van der Waals surface area contributed by atoms with Crippen LogP contribution in [0.3, 0.4) is 0 Å². The Balaban J connectivity index is 1.68. The monoisotopic (exact) mass is 352 g/mol. The summed E-state index contributed by atoms with van der Waals surface area (Å²) in [6.07, 6.45) is 2.58. The Bertz CT molecular complexity index is 725. The SMILES string of the molecule is COc1ccccc1C(=O)CSc1cc(=[N+]2CCCC2)ss1. The highest BCUT2D eigenvalue weighted by Crippen LogP contribution is 2.27. The number of ketones is 1. The van der Waals surface area contributed by atoms with Gasteiger partial charge in [-0.05, 0) is 22.5 Å². The zero-order valence-electron chi connectivity index (χ0n) is 12.4. The second kappa shape index (κ2) is 7.44. The quantitative estimate of drug-likeness (QED) is 0.358. The van der Waals surface area contributed by atoms with Gasteiger partial charge in [0.1, 0.15) is 18.8 Å². The van der Waals surface area contributed by atoms with Crippen molar-refractivity contribution < 1.29 is 9.53 Å². The molecule has 0 aliphatic carbocycles. The lowest BCUT2D eigenvalue weighted by Gasteiger charge is -2.06. The van der Waals surface area contributed by atoms with E-state index < -0.39 is 0 Å². The number of carbonyl (C=O) groups excluding carboxylic acids is 1. The van der Waals surface area contributed by atoms with Crippen LogP contribution in [0, 0.1) is 0 Å². The molecule has 0 bridgehead atoms. The molecular weight excluding hydrogens is 334 g/mol. The van der Waals surface area contributed by atoms with Gasteiger partial charge in [0, 0.05) is 18.9 Å². The number of hydrogen-bond acceptors (Lipinski definition) is 5. The smallest absolute Gasteiger partial charge is 0.268 e. The molecule has 1 aliphatic heterocycles. The molecule has 0 N–H and O–H groups in total. The van der Waals surface area contributed by atoms with E-state index in [1.807, 2.05) is 34.6 Å². The van der Waals surface area contributed by atoms with Crippen LogP contribution in [-0.4, -0.2) is 31.7 Å². The summed E-state index contributed by atoms with van der Waals surface area (Å²) in [6, 6.07) is 9.64. The standard InChI is InChI=1S/C16H18NO2S3/c1-19-14-7-3-2-6-12(14)13(18)11-20-16-10-15(21-22-16)17-8-4-5-9-17/h2-3,6-7,10H,4-5,8-9,11H2,1H3/q+1. The molecular formula is C16H18NO2S3+. The van der Waals surface area contributed by atoms with Gasteiger partial charge in [0.2, 0.25) is 0 Å². The molecule has 6 heteroatoms. The van der Waals surface area contributed by atoms with Crippen molar-refractivity contribution in [3.63, 3.8) is 0 Å². The Hall–Kier alpha value is -1.11. The van der Waals surface area contributed by atoms with Gasteiger partial charge in [0.05, 0.1) is 22.6 Å². The summed E-state index contributed by atoms with van der Waals surface area (Å²) in [5, 5.41) is 0. The van der Waals surface area contributed by atoms with Crippen LogP contribution in [0.2, 0.25) is 0 Å². The first kappa shape index (κ1) is 15.8. The predicted octanol–water partition coefficient (Wildman–Crippen LogP) is 3.36. The molecule has 0 amide bonds. The van der Waals surface area contributed by atoms with E-state index >= 15 is 0 Å². The summed E-state index contributed by atoms with van der Waals surface area (Å²) in [5.74, 6) is 1.22.